The van der Waals surface area contributed by atoms with Crippen LogP contribution in [0.4, 0.5) is 0 Å². The van der Waals surface area contributed by atoms with Crippen molar-refractivity contribution in [2.75, 3.05) is 7.11 Å². The Hall–Kier alpha value is -3.94. The lowest BCUT2D eigenvalue weighted by Gasteiger charge is -2.14. The number of para-hydroxylation sites is 2. The molecule has 146 valence electrons. The number of ether oxygens (including phenoxy) is 1. The monoisotopic (exact) mass is 391 g/mol. The number of hydroxylamine groups is 2. The number of fused-ring (bicyclic) bond motifs is 1. The smallest absolute Gasteiger partial charge is 0.367 e. The Morgan fingerprint density at radius 3 is 2.24 bits per heavy atom. The fourth-order valence-electron chi connectivity index (χ4n) is 3.28. The molecule has 1 aliphatic heterocycles. The second-order valence-corrected chi connectivity index (χ2v) is 6.27. The molecule has 0 fully saturated rings. The van der Waals surface area contributed by atoms with Crippen molar-refractivity contribution in [3.63, 3.8) is 0 Å². The maximum atomic E-state index is 12.8. The Labute approximate surface area is 166 Å². The lowest BCUT2D eigenvalue weighted by Crippen LogP contribution is -2.32. The van der Waals surface area contributed by atoms with E-state index >= 15 is 0 Å². The van der Waals surface area contributed by atoms with Crippen LogP contribution < -0.4 is 4.74 Å². The first kappa shape index (κ1) is 18.4. The zero-order valence-corrected chi connectivity index (χ0v) is 15.8. The molecular weight excluding hydrogens is 374 g/mol. The standard InChI is InChI=1S/C21H17N3O5/c1-3-16-15(12-22-23(16)17-10-6-7-11-18(17)28-2)21(27)29-24-19(25)13-8-4-5-9-14(13)20(24)26/h4-12H,3H2,1-2H3. The molecular formula is C21H17N3O5. The molecule has 0 atom stereocenters. The summed E-state index contributed by atoms with van der Waals surface area (Å²) in [6.07, 6.45) is 1.82. The minimum absolute atomic E-state index is 0.162. The minimum atomic E-state index is -0.836. The number of carbonyl (C=O) groups excluding carboxylic acids is 3. The van der Waals surface area contributed by atoms with Crippen LogP contribution in [0.1, 0.15) is 43.7 Å². The predicted molar refractivity (Wildman–Crippen MR) is 102 cm³/mol. The van der Waals surface area contributed by atoms with E-state index in [4.69, 9.17) is 9.57 Å². The van der Waals surface area contributed by atoms with Crippen LogP contribution in [-0.4, -0.2) is 39.7 Å². The van der Waals surface area contributed by atoms with Gasteiger partial charge in [0.25, 0.3) is 11.8 Å². The predicted octanol–water partition coefficient (Wildman–Crippen LogP) is 2.81. The maximum Gasteiger partial charge on any atom is 0.367 e. The molecule has 8 heteroatoms. The highest BCUT2D eigenvalue weighted by Gasteiger charge is 2.39. The van der Waals surface area contributed by atoms with Gasteiger partial charge in [-0.05, 0) is 30.7 Å². The average Bonchev–Trinajstić information content (AvgIpc) is 3.29. The molecule has 0 N–H and O–H groups in total. The molecule has 0 aliphatic carbocycles. The van der Waals surface area contributed by atoms with Gasteiger partial charge in [-0.2, -0.15) is 5.10 Å². The molecule has 0 radical (unpaired) electrons. The molecule has 2 heterocycles. The van der Waals surface area contributed by atoms with E-state index in [0.29, 0.717) is 28.6 Å². The highest BCUT2D eigenvalue weighted by atomic mass is 16.7. The molecule has 2 amide bonds. The summed E-state index contributed by atoms with van der Waals surface area (Å²) in [5, 5.41) is 4.78. The van der Waals surface area contributed by atoms with Crippen molar-refractivity contribution in [1.29, 1.82) is 0 Å². The molecule has 29 heavy (non-hydrogen) atoms. The molecule has 0 spiro atoms. The van der Waals surface area contributed by atoms with Gasteiger partial charge in [-0.15, -0.1) is 0 Å². The second kappa shape index (κ2) is 7.23. The van der Waals surface area contributed by atoms with E-state index in [1.165, 1.54) is 18.3 Å². The van der Waals surface area contributed by atoms with E-state index in [1.807, 2.05) is 25.1 Å². The van der Waals surface area contributed by atoms with Crippen LogP contribution in [0.2, 0.25) is 0 Å². The molecule has 0 saturated carbocycles. The minimum Gasteiger partial charge on any atom is -0.494 e. The van der Waals surface area contributed by atoms with Crippen LogP contribution >= 0.6 is 0 Å². The molecule has 2 aromatic carbocycles. The fourth-order valence-corrected chi connectivity index (χ4v) is 3.28. The third-order valence-corrected chi connectivity index (χ3v) is 4.67. The number of aromatic nitrogens is 2. The normalized spacial score (nSPS) is 12.8. The summed E-state index contributed by atoms with van der Waals surface area (Å²) in [5.41, 5.74) is 1.79. The van der Waals surface area contributed by atoms with Crippen LogP contribution in [0.3, 0.4) is 0 Å². The van der Waals surface area contributed by atoms with E-state index in [2.05, 4.69) is 5.10 Å². The van der Waals surface area contributed by atoms with Gasteiger partial charge in [0.15, 0.2) is 0 Å². The molecule has 3 aromatic rings. The van der Waals surface area contributed by atoms with Gasteiger partial charge >= 0.3 is 5.97 Å². The summed E-state index contributed by atoms with van der Waals surface area (Å²) in [7, 11) is 1.55. The summed E-state index contributed by atoms with van der Waals surface area (Å²) >= 11 is 0. The van der Waals surface area contributed by atoms with Gasteiger partial charge in [0.1, 0.15) is 17.0 Å². The van der Waals surface area contributed by atoms with Crippen LogP contribution in [-0.2, 0) is 11.3 Å². The van der Waals surface area contributed by atoms with Gasteiger partial charge in [-0.1, -0.05) is 36.3 Å². The van der Waals surface area contributed by atoms with Crippen molar-refractivity contribution in [3.8, 4) is 11.4 Å². The highest BCUT2D eigenvalue weighted by Crippen LogP contribution is 2.27. The van der Waals surface area contributed by atoms with Crippen LogP contribution in [0.5, 0.6) is 5.75 Å². The summed E-state index contributed by atoms with van der Waals surface area (Å²) in [6, 6.07) is 13.6. The largest absolute Gasteiger partial charge is 0.494 e. The van der Waals surface area contributed by atoms with Crippen LogP contribution in [0.25, 0.3) is 5.69 Å². The van der Waals surface area contributed by atoms with Crippen LogP contribution in [0, 0.1) is 0 Å². The zero-order valence-electron chi connectivity index (χ0n) is 15.8. The van der Waals surface area contributed by atoms with Gasteiger partial charge in [0, 0.05) is 0 Å². The number of imide groups is 1. The number of methoxy groups -OCH3 is 1. The summed E-state index contributed by atoms with van der Waals surface area (Å²) in [4.78, 5) is 42.8. The molecule has 4 rings (SSSR count). The van der Waals surface area contributed by atoms with Crippen molar-refractivity contribution in [3.05, 3.63) is 77.1 Å². The SMILES string of the molecule is CCc1c(C(=O)ON2C(=O)c3ccccc3C2=O)cnn1-c1ccccc1OC. The summed E-state index contributed by atoms with van der Waals surface area (Å²) in [6.45, 7) is 1.86. The van der Waals surface area contributed by atoms with Gasteiger partial charge in [-0.25, -0.2) is 9.48 Å². The first-order valence-electron chi connectivity index (χ1n) is 8.97. The van der Waals surface area contributed by atoms with E-state index in [0.717, 1.165) is 0 Å². The number of carbonyl (C=O) groups is 3. The average molecular weight is 391 g/mol. The van der Waals surface area contributed by atoms with Crippen molar-refractivity contribution in [1.82, 2.24) is 14.8 Å². The summed E-state index contributed by atoms with van der Waals surface area (Å²) < 4.78 is 6.95. The van der Waals surface area contributed by atoms with E-state index in [9.17, 15) is 14.4 Å². The van der Waals surface area contributed by atoms with Gasteiger partial charge in [0.05, 0.1) is 30.1 Å². The van der Waals surface area contributed by atoms with Crippen LogP contribution in [0.15, 0.2) is 54.7 Å². The van der Waals surface area contributed by atoms with E-state index in [1.54, 1.807) is 30.0 Å². The first-order valence-corrected chi connectivity index (χ1v) is 8.97. The third-order valence-electron chi connectivity index (χ3n) is 4.67. The molecule has 0 unspecified atom stereocenters. The molecule has 1 aromatic heterocycles. The molecule has 0 bridgehead atoms. The number of rotatable bonds is 5. The lowest BCUT2D eigenvalue weighted by molar-refractivity contribution is -0.0585. The quantitative estimate of drug-likeness (QED) is 0.621. The van der Waals surface area contributed by atoms with Gasteiger partial charge < -0.3 is 9.57 Å². The molecule has 8 nitrogen and oxygen atoms in total. The zero-order chi connectivity index (χ0) is 20.5. The van der Waals surface area contributed by atoms with Crippen molar-refractivity contribution in [2.45, 2.75) is 13.3 Å². The highest BCUT2D eigenvalue weighted by molar-refractivity contribution is 6.21. The first-order chi connectivity index (χ1) is 14.1. The Morgan fingerprint density at radius 2 is 1.62 bits per heavy atom. The molecule has 0 saturated heterocycles. The topological polar surface area (TPSA) is 90.7 Å². The van der Waals surface area contributed by atoms with E-state index in [-0.39, 0.29) is 16.7 Å². The Kier molecular flexibility index (Phi) is 4.59. The Bertz CT molecular complexity index is 1100. The maximum absolute atomic E-state index is 12.8. The van der Waals surface area contributed by atoms with E-state index < -0.39 is 17.8 Å². The van der Waals surface area contributed by atoms with Gasteiger partial charge in [0.2, 0.25) is 0 Å². The molecule has 1 aliphatic rings. The Morgan fingerprint density at radius 1 is 1.00 bits per heavy atom. The number of hydrogen-bond acceptors (Lipinski definition) is 6. The third kappa shape index (κ3) is 2.94. The number of hydrogen-bond donors (Lipinski definition) is 0. The van der Waals surface area contributed by atoms with Crippen molar-refractivity contribution >= 4 is 17.8 Å². The van der Waals surface area contributed by atoms with Crippen molar-refractivity contribution in [2.24, 2.45) is 0 Å². The Balaban J connectivity index is 1.65. The van der Waals surface area contributed by atoms with Gasteiger partial charge in [-0.3, -0.25) is 9.59 Å². The number of amides is 2. The fraction of sp³-hybridized carbons (Fsp3) is 0.143. The summed E-state index contributed by atoms with van der Waals surface area (Å²) in [5.74, 6) is -1.59. The number of benzene rings is 2. The lowest BCUT2D eigenvalue weighted by atomic mass is 10.1. The van der Waals surface area contributed by atoms with Crippen molar-refractivity contribution < 1.29 is 24.0 Å². The second-order valence-electron chi connectivity index (χ2n) is 6.27. The number of nitrogens with zero attached hydrogens (tertiary/aromatic N) is 3.